The van der Waals surface area contributed by atoms with E-state index in [2.05, 4.69) is 24.9 Å². The van der Waals surface area contributed by atoms with Gasteiger partial charge in [0.1, 0.15) is 17.9 Å². The summed E-state index contributed by atoms with van der Waals surface area (Å²) in [6, 6.07) is 3.94. The maximum atomic E-state index is 14.3. The SMILES string of the molecule is CCS(=O)(=O)N[C@H]1CC[C@H](CNC[C@@H]2CCN(c3ncncc3Oc3ccc(F)cc3C(=O)N(C(C)C)C(C)C)C2)CC1. The third-order valence-corrected chi connectivity index (χ3v) is 9.87. The summed E-state index contributed by atoms with van der Waals surface area (Å²) < 4.78 is 47.1. The Morgan fingerprint density at radius 3 is 2.44 bits per heavy atom. The molecule has 2 N–H and O–H groups in total. The Morgan fingerprint density at radius 2 is 1.77 bits per heavy atom. The van der Waals surface area contributed by atoms with Crippen LogP contribution in [0.15, 0.2) is 30.7 Å². The quantitative estimate of drug-likeness (QED) is 0.335. The average Bonchev–Trinajstić information content (AvgIpc) is 3.43. The van der Waals surface area contributed by atoms with Gasteiger partial charge in [-0.15, -0.1) is 0 Å². The molecule has 0 spiro atoms. The Kier molecular flexibility index (Phi) is 11.4. The molecule has 1 aliphatic heterocycles. The van der Waals surface area contributed by atoms with Crippen LogP contribution in [-0.2, 0) is 10.0 Å². The van der Waals surface area contributed by atoms with E-state index in [0.29, 0.717) is 23.4 Å². The number of aromatic nitrogens is 2. The lowest BCUT2D eigenvalue weighted by Crippen LogP contribution is -2.42. The summed E-state index contributed by atoms with van der Waals surface area (Å²) in [5.41, 5.74) is 0.164. The minimum atomic E-state index is -3.15. The van der Waals surface area contributed by atoms with Gasteiger partial charge in [0.25, 0.3) is 5.91 Å². The van der Waals surface area contributed by atoms with Gasteiger partial charge in [0, 0.05) is 31.2 Å². The molecule has 12 heteroatoms. The van der Waals surface area contributed by atoms with Crippen LogP contribution in [0.3, 0.4) is 0 Å². The number of halogens is 1. The Balaban J connectivity index is 1.34. The number of hydrogen-bond donors (Lipinski definition) is 2. The summed E-state index contributed by atoms with van der Waals surface area (Å²) in [6.07, 6.45) is 7.87. The van der Waals surface area contributed by atoms with E-state index in [9.17, 15) is 17.6 Å². The van der Waals surface area contributed by atoms with Gasteiger partial charge in [0.15, 0.2) is 11.6 Å². The highest BCUT2D eigenvalue weighted by molar-refractivity contribution is 7.89. The monoisotopic (exact) mass is 618 g/mol. The van der Waals surface area contributed by atoms with E-state index in [0.717, 1.165) is 58.3 Å². The van der Waals surface area contributed by atoms with Crippen LogP contribution < -0.4 is 19.7 Å². The van der Waals surface area contributed by atoms with Gasteiger partial charge in [0.05, 0.1) is 17.5 Å². The number of amides is 1. The highest BCUT2D eigenvalue weighted by Crippen LogP contribution is 2.35. The summed E-state index contributed by atoms with van der Waals surface area (Å²) in [5, 5.41) is 3.64. The summed E-state index contributed by atoms with van der Waals surface area (Å²) >= 11 is 0. The second-order valence-electron chi connectivity index (χ2n) is 12.4. The summed E-state index contributed by atoms with van der Waals surface area (Å²) in [5.74, 6) is 1.66. The smallest absolute Gasteiger partial charge is 0.258 e. The zero-order valence-electron chi connectivity index (χ0n) is 26.1. The summed E-state index contributed by atoms with van der Waals surface area (Å²) in [6.45, 7) is 12.8. The van der Waals surface area contributed by atoms with Gasteiger partial charge in [-0.05, 0) is 110 Å². The number of nitrogens with one attached hydrogen (secondary N) is 2. The zero-order chi connectivity index (χ0) is 31.1. The molecule has 0 unspecified atom stereocenters. The first kappa shape index (κ1) is 33.1. The van der Waals surface area contributed by atoms with Gasteiger partial charge >= 0.3 is 0 Å². The summed E-state index contributed by atoms with van der Waals surface area (Å²) in [7, 11) is -3.15. The van der Waals surface area contributed by atoms with Crippen LogP contribution in [0.25, 0.3) is 0 Å². The number of sulfonamides is 1. The molecule has 2 fully saturated rings. The van der Waals surface area contributed by atoms with Crippen molar-refractivity contribution in [3.8, 4) is 11.5 Å². The predicted molar refractivity (Wildman–Crippen MR) is 166 cm³/mol. The Labute approximate surface area is 255 Å². The standard InChI is InChI=1S/C31H47FN6O4S/c1-6-43(40,41)36-26-10-7-23(8-11-26)16-33-17-24-13-14-37(19-24)30-29(18-34-20-35-30)42-28-12-9-25(32)15-27(28)31(39)38(21(2)3)22(4)5/h9,12,15,18,20-24,26,33,36H,6-8,10-11,13-14,16-17,19H2,1-5H3/t23-,24-,26-/m0/s1. The molecule has 1 aromatic carbocycles. The minimum absolute atomic E-state index is 0.0577. The van der Waals surface area contributed by atoms with Crippen LogP contribution >= 0.6 is 0 Å². The molecule has 0 bridgehead atoms. The molecule has 2 heterocycles. The number of anilines is 1. The van der Waals surface area contributed by atoms with E-state index < -0.39 is 15.8 Å². The average molecular weight is 619 g/mol. The van der Waals surface area contributed by atoms with E-state index in [1.165, 1.54) is 24.5 Å². The maximum Gasteiger partial charge on any atom is 0.258 e. The number of nitrogens with zero attached hydrogens (tertiary/aromatic N) is 4. The van der Waals surface area contributed by atoms with Gasteiger partial charge in [0.2, 0.25) is 10.0 Å². The molecular formula is C31H47FN6O4S. The number of ether oxygens (including phenoxy) is 1. The highest BCUT2D eigenvalue weighted by atomic mass is 32.2. The van der Waals surface area contributed by atoms with Crippen LogP contribution in [-0.4, -0.2) is 79.3 Å². The van der Waals surface area contributed by atoms with E-state index in [1.54, 1.807) is 18.0 Å². The van der Waals surface area contributed by atoms with Crippen molar-refractivity contribution in [2.75, 3.05) is 36.8 Å². The topological polar surface area (TPSA) is 117 Å². The van der Waals surface area contributed by atoms with Crippen molar-refractivity contribution in [3.63, 3.8) is 0 Å². The van der Waals surface area contributed by atoms with Crippen molar-refractivity contribution in [2.45, 2.75) is 84.8 Å². The third kappa shape index (κ3) is 8.86. The molecule has 2 aliphatic rings. The molecule has 238 valence electrons. The zero-order valence-corrected chi connectivity index (χ0v) is 26.9. The van der Waals surface area contributed by atoms with Crippen LogP contribution in [0.1, 0.15) is 77.1 Å². The Hall–Kier alpha value is -2.83. The molecule has 1 saturated carbocycles. The lowest BCUT2D eigenvalue weighted by atomic mass is 9.86. The van der Waals surface area contributed by atoms with Gasteiger partial charge in [-0.3, -0.25) is 4.79 Å². The van der Waals surface area contributed by atoms with Crippen molar-refractivity contribution in [3.05, 3.63) is 42.1 Å². The fourth-order valence-electron chi connectivity index (χ4n) is 6.21. The van der Waals surface area contributed by atoms with E-state index >= 15 is 0 Å². The molecular weight excluding hydrogens is 571 g/mol. The van der Waals surface area contributed by atoms with Gasteiger partial charge in [-0.2, -0.15) is 0 Å². The van der Waals surface area contributed by atoms with Crippen molar-refractivity contribution in [2.24, 2.45) is 11.8 Å². The molecule has 1 aromatic heterocycles. The van der Waals surface area contributed by atoms with E-state index in [4.69, 9.17) is 4.74 Å². The van der Waals surface area contributed by atoms with Crippen LogP contribution in [0.2, 0.25) is 0 Å². The molecule has 2 aromatic rings. The molecule has 1 saturated heterocycles. The number of hydrogen-bond acceptors (Lipinski definition) is 8. The molecule has 10 nitrogen and oxygen atoms in total. The van der Waals surface area contributed by atoms with Crippen LogP contribution in [0, 0.1) is 17.7 Å². The Morgan fingerprint density at radius 1 is 1.07 bits per heavy atom. The van der Waals surface area contributed by atoms with Gasteiger partial charge in [-0.25, -0.2) is 27.5 Å². The van der Waals surface area contributed by atoms with Crippen molar-refractivity contribution >= 4 is 21.7 Å². The fourth-order valence-corrected chi connectivity index (χ4v) is 7.12. The molecule has 43 heavy (non-hydrogen) atoms. The molecule has 1 atom stereocenters. The first-order chi connectivity index (χ1) is 20.5. The minimum Gasteiger partial charge on any atom is -0.451 e. The predicted octanol–water partition coefficient (Wildman–Crippen LogP) is 4.58. The molecule has 1 amide bonds. The first-order valence-electron chi connectivity index (χ1n) is 15.5. The van der Waals surface area contributed by atoms with Crippen molar-refractivity contribution in [1.82, 2.24) is 24.9 Å². The second kappa shape index (κ2) is 14.8. The summed E-state index contributed by atoms with van der Waals surface area (Å²) in [4.78, 5) is 26.0. The normalized spacial score (nSPS) is 21.0. The fraction of sp³-hybridized carbons (Fsp3) is 0.645. The van der Waals surface area contributed by atoms with Crippen LogP contribution in [0.5, 0.6) is 11.5 Å². The second-order valence-corrected chi connectivity index (χ2v) is 14.4. The lowest BCUT2D eigenvalue weighted by molar-refractivity contribution is 0.0640. The van der Waals surface area contributed by atoms with Gasteiger partial charge < -0.3 is 19.9 Å². The van der Waals surface area contributed by atoms with Crippen LogP contribution in [0.4, 0.5) is 10.2 Å². The number of benzene rings is 1. The number of carbonyl (C=O) groups excluding carboxylic acids is 1. The maximum absolute atomic E-state index is 14.3. The third-order valence-electron chi connectivity index (χ3n) is 8.42. The van der Waals surface area contributed by atoms with Crippen molar-refractivity contribution in [1.29, 1.82) is 0 Å². The number of rotatable bonds is 13. The number of carbonyl (C=O) groups is 1. The Bertz CT molecular complexity index is 1330. The largest absolute Gasteiger partial charge is 0.451 e. The first-order valence-corrected chi connectivity index (χ1v) is 17.2. The van der Waals surface area contributed by atoms with Gasteiger partial charge in [-0.1, -0.05) is 0 Å². The molecule has 0 radical (unpaired) electrons. The van der Waals surface area contributed by atoms with Crippen molar-refractivity contribution < 1.29 is 22.3 Å². The highest BCUT2D eigenvalue weighted by Gasteiger charge is 2.29. The van der Waals surface area contributed by atoms with E-state index in [1.807, 2.05) is 27.7 Å². The molecule has 1 aliphatic carbocycles. The molecule has 4 rings (SSSR count). The lowest BCUT2D eigenvalue weighted by Gasteiger charge is -2.31. The van der Waals surface area contributed by atoms with E-state index in [-0.39, 0.29) is 41.1 Å².